The van der Waals surface area contributed by atoms with E-state index in [1.165, 1.54) is 28.3 Å². The van der Waals surface area contributed by atoms with Gasteiger partial charge < -0.3 is 10.3 Å². The smallest absolute Gasteiger partial charge is 0.332 e. The van der Waals surface area contributed by atoms with E-state index in [0.717, 1.165) is 10.4 Å². The summed E-state index contributed by atoms with van der Waals surface area (Å²) in [5, 5.41) is 10.9. The van der Waals surface area contributed by atoms with Crippen LogP contribution in [-0.2, 0) is 27.1 Å². The van der Waals surface area contributed by atoms with E-state index in [1.54, 1.807) is 11.3 Å². The molecule has 0 atom stereocenters. The Balaban J connectivity index is 1.81. The molecule has 0 saturated carbocycles. The lowest BCUT2D eigenvalue weighted by molar-refractivity contribution is 0.102. The van der Waals surface area contributed by atoms with E-state index in [4.69, 9.17) is 5.73 Å². The third-order valence-corrected chi connectivity index (χ3v) is 6.38. The number of aromatic nitrogens is 5. The maximum atomic E-state index is 12.8. The van der Waals surface area contributed by atoms with Gasteiger partial charge >= 0.3 is 5.69 Å². The number of nitrogens with zero attached hydrogens (tertiary/aromatic N) is 5. The van der Waals surface area contributed by atoms with E-state index >= 15 is 0 Å². The number of carbonyl (C=O) groups excluding carboxylic acids is 1. The summed E-state index contributed by atoms with van der Waals surface area (Å²) in [5.41, 5.74) is 4.65. The minimum Gasteiger partial charge on any atom is -0.384 e. The number of hydrogen-bond donors (Lipinski definition) is 1. The Bertz CT molecular complexity index is 1140. The molecule has 0 spiro atoms. The molecule has 0 aliphatic heterocycles. The molecule has 3 rings (SSSR count). The van der Waals surface area contributed by atoms with Gasteiger partial charge in [-0.05, 0) is 17.9 Å². The Morgan fingerprint density at radius 1 is 1.24 bits per heavy atom. The second-order valence-corrected chi connectivity index (χ2v) is 8.46. The molecule has 3 aromatic rings. The minimum absolute atomic E-state index is 0.0330. The quantitative estimate of drug-likeness (QED) is 0.419. The standard InChI is InChI=1S/C18H22N6O3S2/c1-4-7-24-15(19)14(16(26)23(3)18(24)27)12(25)10-29-17-21-20-13(22(17)2)9-11-6-5-8-28-11/h5-6,8H,4,7,9-10,19H2,1-3H3. The van der Waals surface area contributed by atoms with Gasteiger partial charge in [0.15, 0.2) is 10.9 Å². The first kappa shape index (κ1) is 21.1. The lowest BCUT2D eigenvalue weighted by atomic mass is 10.2. The van der Waals surface area contributed by atoms with Crippen LogP contribution >= 0.6 is 23.1 Å². The Labute approximate surface area is 175 Å². The molecule has 0 saturated heterocycles. The predicted octanol–water partition coefficient (Wildman–Crippen LogP) is 1.29. The van der Waals surface area contributed by atoms with E-state index in [9.17, 15) is 14.4 Å². The summed E-state index contributed by atoms with van der Waals surface area (Å²) in [4.78, 5) is 38.7. The molecule has 11 heteroatoms. The maximum absolute atomic E-state index is 12.8. The fraction of sp³-hybridized carbons (Fsp3) is 0.389. The van der Waals surface area contributed by atoms with Crippen molar-refractivity contribution in [1.82, 2.24) is 23.9 Å². The monoisotopic (exact) mass is 434 g/mol. The highest BCUT2D eigenvalue weighted by atomic mass is 32.2. The zero-order valence-electron chi connectivity index (χ0n) is 16.4. The maximum Gasteiger partial charge on any atom is 0.332 e. The van der Waals surface area contributed by atoms with Crippen molar-refractivity contribution in [3.63, 3.8) is 0 Å². The van der Waals surface area contributed by atoms with E-state index in [1.807, 2.05) is 36.1 Å². The van der Waals surface area contributed by atoms with Crippen LogP contribution in [0.3, 0.4) is 0 Å². The van der Waals surface area contributed by atoms with Crippen molar-refractivity contribution in [2.75, 3.05) is 11.5 Å². The number of nitrogen functional groups attached to an aromatic ring is 1. The molecule has 0 bridgehead atoms. The molecular formula is C18H22N6O3S2. The van der Waals surface area contributed by atoms with Gasteiger partial charge in [-0.2, -0.15) is 0 Å². The number of thioether (sulfide) groups is 1. The zero-order valence-corrected chi connectivity index (χ0v) is 18.0. The lowest BCUT2D eigenvalue weighted by Crippen LogP contribution is -2.42. The fourth-order valence-corrected chi connectivity index (χ4v) is 4.38. The van der Waals surface area contributed by atoms with Crippen LogP contribution in [0.25, 0.3) is 0 Å². The molecule has 29 heavy (non-hydrogen) atoms. The third kappa shape index (κ3) is 4.20. The molecule has 0 aromatic carbocycles. The zero-order chi connectivity index (χ0) is 21.1. The highest BCUT2D eigenvalue weighted by Crippen LogP contribution is 2.20. The van der Waals surface area contributed by atoms with E-state index in [-0.39, 0.29) is 17.1 Å². The van der Waals surface area contributed by atoms with Gasteiger partial charge in [-0.25, -0.2) is 4.79 Å². The van der Waals surface area contributed by atoms with Crippen LogP contribution in [0.5, 0.6) is 0 Å². The average molecular weight is 435 g/mol. The second-order valence-electron chi connectivity index (χ2n) is 6.48. The van der Waals surface area contributed by atoms with E-state index < -0.39 is 17.0 Å². The number of carbonyl (C=O) groups is 1. The van der Waals surface area contributed by atoms with Gasteiger partial charge in [-0.1, -0.05) is 24.8 Å². The van der Waals surface area contributed by atoms with Crippen LogP contribution in [0, 0.1) is 0 Å². The number of nitrogens with two attached hydrogens (primary N) is 1. The molecule has 3 aromatic heterocycles. The summed E-state index contributed by atoms with van der Waals surface area (Å²) in [6, 6.07) is 4.01. The van der Waals surface area contributed by atoms with Crippen molar-refractivity contribution in [2.24, 2.45) is 14.1 Å². The molecular weight excluding hydrogens is 412 g/mol. The van der Waals surface area contributed by atoms with Crippen molar-refractivity contribution >= 4 is 34.7 Å². The first-order valence-electron chi connectivity index (χ1n) is 9.01. The normalized spacial score (nSPS) is 11.1. The summed E-state index contributed by atoms with van der Waals surface area (Å²) in [5.74, 6) is 0.228. The molecule has 2 N–H and O–H groups in total. The molecule has 154 valence electrons. The summed E-state index contributed by atoms with van der Waals surface area (Å²) in [7, 11) is 3.18. The highest BCUT2D eigenvalue weighted by Gasteiger charge is 2.22. The molecule has 0 radical (unpaired) electrons. The largest absolute Gasteiger partial charge is 0.384 e. The van der Waals surface area contributed by atoms with Gasteiger partial charge in [0.05, 0.1) is 5.75 Å². The molecule has 0 amide bonds. The minimum atomic E-state index is -0.679. The molecule has 0 fully saturated rings. The summed E-state index contributed by atoms with van der Waals surface area (Å²) >= 11 is 2.82. The molecule has 0 unspecified atom stereocenters. The number of thiophene rings is 1. The average Bonchev–Trinajstić information content (AvgIpc) is 3.33. The van der Waals surface area contributed by atoms with Crippen LogP contribution < -0.4 is 17.0 Å². The fourth-order valence-electron chi connectivity index (χ4n) is 2.88. The van der Waals surface area contributed by atoms with Crippen molar-refractivity contribution in [1.29, 1.82) is 0 Å². The van der Waals surface area contributed by atoms with Crippen molar-refractivity contribution in [3.05, 3.63) is 54.6 Å². The van der Waals surface area contributed by atoms with Crippen LogP contribution in [0.1, 0.15) is 34.4 Å². The SMILES string of the molecule is CCCn1c(N)c(C(=O)CSc2nnc(Cc3cccs3)n2C)c(=O)n(C)c1=O. The number of anilines is 1. The van der Waals surface area contributed by atoms with Gasteiger partial charge in [0, 0.05) is 31.9 Å². The van der Waals surface area contributed by atoms with Gasteiger partial charge in [0.1, 0.15) is 17.2 Å². The summed E-state index contributed by atoms with van der Waals surface area (Å²) < 4.78 is 4.02. The summed E-state index contributed by atoms with van der Waals surface area (Å²) in [6.07, 6.45) is 1.31. The van der Waals surface area contributed by atoms with Crippen molar-refractivity contribution in [3.8, 4) is 0 Å². The van der Waals surface area contributed by atoms with Gasteiger partial charge in [-0.15, -0.1) is 21.5 Å². The number of ketones is 1. The summed E-state index contributed by atoms with van der Waals surface area (Å²) in [6.45, 7) is 2.22. The molecule has 0 aliphatic carbocycles. The van der Waals surface area contributed by atoms with Crippen LogP contribution in [0.15, 0.2) is 32.3 Å². The van der Waals surface area contributed by atoms with Gasteiger partial charge in [0.25, 0.3) is 5.56 Å². The third-order valence-electron chi connectivity index (χ3n) is 4.48. The topological polar surface area (TPSA) is 118 Å². The Kier molecular flexibility index (Phi) is 6.38. The Morgan fingerprint density at radius 3 is 2.66 bits per heavy atom. The molecule has 3 heterocycles. The second kappa shape index (κ2) is 8.78. The molecule has 9 nitrogen and oxygen atoms in total. The number of rotatable bonds is 8. The van der Waals surface area contributed by atoms with E-state index in [0.29, 0.717) is 24.5 Å². The van der Waals surface area contributed by atoms with Crippen LogP contribution in [0.4, 0.5) is 5.82 Å². The first-order chi connectivity index (χ1) is 13.8. The van der Waals surface area contributed by atoms with Gasteiger partial charge in [-0.3, -0.25) is 18.7 Å². The number of Topliss-reactive ketones (excluding diaryl/α,β-unsaturated/α-hetero) is 1. The van der Waals surface area contributed by atoms with Crippen LogP contribution in [-0.4, -0.2) is 35.4 Å². The Hall–Kier alpha value is -2.66. The lowest BCUT2D eigenvalue weighted by Gasteiger charge is -2.13. The van der Waals surface area contributed by atoms with Crippen molar-refractivity contribution < 1.29 is 4.79 Å². The van der Waals surface area contributed by atoms with Crippen molar-refractivity contribution in [2.45, 2.75) is 31.5 Å². The number of hydrogen-bond acceptors (Lipinski definition) is 8. The Morgan fingerprint density at radius 2 is 2.00 bits per heavy atom. The first-order valence-corrected chi connectivity index (χ1v) is 10.9. The molecule has 0 aliphatic rings. The van der Waals surface area contributed by atoms with Gasteiger partial charge in [0.2, 0.25) is 0 Å². The van der Waals surface area contributed by atoms with E-state index in [2.05, 4.69) is 10.2 Å². The van der Waals surface area contributed by atoms with Crippen LogP contribution in [0.2, 0.25) is 0 Å². The predicted molar refractivity (Wildman–Crippen MR) is 114 cm³/mol. The highest BCUT2D eigenvalue weighted by molar-refractivity contribution is 7.99.